The van der Waals surface area contributed by atoms with Gasteiger partial charge in [-0.3, -0.25) is 0 Å². The Balaban J connectivity index is 1.77. The zero-order chi connectivity index (χ0) is 16.5. The number of ether oxygens (including phenoxy) is 2. The van der Waals surface area contributed by atoms with Crippen molar-refractivity contribution in [3.8, 4) is 34.4 Å². The first kappa shape index (κ1) is 14.9. The third-order valence-corrected chi connectivity index (χ3v) is 4.00. The molecule has 0 bridgehead atoms. The van der Waals surface area contributed by atoms with Crippen molar-refractivity contribution in [2.75, 3.05) is 13.2 Å². The lowest BCUT2D eigenvalue weighted by molar-refractivity contribution is 0.163. The molecule has 0 saturated heterocycles. The van der Waals surface area contributed by atoms with Crippen LogP contribution in [-0.4, -0.2) is 28.2 Å². The Kier molecular flexibility index (Phi) is 3.78. The Bertz CT molecular complexity index is 897. The number of nitrogens with zero attached hydrogens (tertiary/aromatic N) is 3. The molecule has 0 aliphatic carbocycles. The second-order valence-corrected chi connectivity index (χ2v) is 5.87. The minimum absolute atomic E-state index is 0.460. The lowest BCUT2D eigenvalue weighted by Crippen LogP contribution is -2.17. The average Bonchev–Trinajstić information content (AvgIpc) is 2.62. The molecule has 2 aromatic heterocycles. The number of rotatable bonds is 2. The van der Waals surface area contributed by atoms with E-state index in [2.05, 4.69) is 9.97 Å². The smallest absolute Gasteiger partial charge is 0.260 e. The molecule has 5 nitrogen and oxygen atoms in total. The molecule has 1 aliphatic rings. The Morgan fingerprint density at radius 2 is 1.75 bits per heavy atom. The molecule has 3 aromatic rings. The van der Waals surface area contributed by atoms with E-state index in [0.717, 1.165) is 16.8 Å². The Morgan fingerprint density at radius 3 is 2.58 bits per heavy atom. The van der Waals surface area contributed by atoms with Crippen LogP contribution >= 0.6 is 11.6 Å². The Hall–Kier alpha value is -2.66. The summed E-state index contributed by atoms with van der Waals surface area (Å²) in [4.78, 5) is 13.5. The highest BCUT2D eigenvalue weighted by molar-refractivity contribution is 6.30. The minimum atomic E-state index is 0.460. The van der Waals surface area contributed by atoms with E-state index in [0.29, 0.717) is 41.4 Å². The number of aryl methyl sites for hydroxylation is 1. The van der Waals surface area contributed by atoms with Crippen molar-refractivity contribution in [2.45, 2.75) is 6.92 Å². The van der Waals surface area contributed by atoms with Crippen molar-refractivity contribution in [3.05, 3.63) is 53.2 Å². The molecule has 120 valence electrons. The minimum Gasteiger partial charge on any atom is -0.483 e. The fourth-order valence-corrected chi connectivity index (χ4v) is 2.65. The highest BCUT2D eigenvalue weighted by Gasteiger charge is 2.16. The van der Waals surface area contributed by atoms with Crippen molar-refractivity contribution < 1.29 is 9.47 Å². The molecule has 0 radical (unpaired) electrons. The van der Waals surface area contributed by atoms with E-state index in [4.69, 9.17) is 26.1 Å². The highest BCUT2D eigenvalue weighted by Crippen LogP contribution is 2.30. The highest BCUT2D eigenvalue weighted by atomic mass is 35.5. The van der Waals surface area contributed by atoms with Crippen LogP contribution in [0.3, 0.4) is 0 Å². The number of benzene rings is 1. The van der Waals surface area contributed by atoms with Gasteiger partial charge >= 0.3 is 0 Å². The van der Waals surface area contributed by atoms with E-state index in [-0.39, 0.29) is 0 Å². The maximum absolute atomic E-state index is 5.97. The van der Waals surface area contributed by atoms with Crippen molar-refractivity contribution in [1.82, 2.24) is 15.0 Å². The summed E-state index contributed by atoms with van der Waals surface area (Å²) in [6.45, 7) is 3.02. The van der Waals surface area contributed by atoms with E-state index in [1.165, 1.54) is 0 Å². The zero-order valence-corrected chi connectivity index (χ0v) is 13.7. The number of halogens is 1. The van der Waals surface area contributed by atoms with Gasteiger partial charge in [0.15, 0.2) is 11.6 Å². The lowest BCUT2D eigenvalue weighted by Gasteiger charge is -2.17. The van der Waals surface area contributed by atoms with Crippen LogP contribution < -0.4 is 9.47 Å². The number of hydrogen-bond donors (Lipinski definition) is 0. The van der Waals surface area contributed by atoms with Crippen molar-refractivity contribution in [1.29, 1.82) is 0 Å². The van der Waals surface area contributed by atoms with Crippen molar-refractivity contribution in [2.24, 2.45) is 0 Å². The maximum Gasteiger partial charge on any atom is 0.260 e. The van der Waals surface area contributed by atoms with Crippen molar-refractivity contribution in [3.63, 3.8) is 0 Å². The summed E-state index contributed by atoms with van der Waals surface area (Å²) < 4.78 is 11.0. The molecule has 0 saturated carbocycles. The van der Waals surface area contributed by atoms with Crippen LogP contribution in [0.4, 0.5) is 0 Å². The standard InChI is InChI=1S/C18H14ClN3O2/c1-11-2-7-14(21-16(11)12-3-5-13(19)6-4-12)17-20-10-15-18(22-17)24-9-8-23-15/h2-7,10H,8-9H2,1H3. The van der Waals surface area contributed by atoms with E-state index < -0.39 is 0 Å². The third-order valence-electron chi connectivity index (χ3n) is 3.75. The molecule has 1 aromatic carbocycles. The Labute approximate surface area is 144 Å². The molecular weight excluding hydrogens is 326 g/mol. The van der Waals surface area contributed by atoms with Crippen molar-refractivity contribution >= 4 is 11.6 Å². The van der Waals surface area contributed by atoms with Gasteiger partial charge in [0.05, 0.1) is 11.9 Å². The molecule has 1 aliphatic heterocycles. The zero-order valence-electron chi connectivity index (χ0n) is 13.0. The van der Waals surface area contributed by atoms with Gasteiger partial charge in [0.2, 0.25) is 0 Å². The maximum atomic E-state index is 5.97. The van der Waals surface area contributed by atoms with E-state index in [9.17, 15) is 0 Å². The molecule has 0 amide bonds. The SMILES string of the molecule is Cc1ccc(-c2ncc3c(n2)OCCO3)nc1-c1ccc(Cl)cc1. The van der Waals surface area contributed by atoms with Gasteiger partial charge in [-0.2, -0.15) is 4.98 Å². The molecule has 4 rings (SSSR count). The van der Waals surface area contributed by atoms with Gasteiger partial charge in [-0.05, 0) is 30.7 Å². The quantitative estimate of drug-likeness (QED) is 0.707. The predicted molar refractivity (Wildman–Crippen MR) is 91.4 cm³/mol. The summed E-state index contributed by atoms with van der Waals surface area (Å²) in [5.41, 5.74) is 3.63. The summed E-state index contributed by atoms with van der Waals surface area (Å²) in [7, 11) is 0. The van der Waals surface area contributed by atoms with Gasteiger partial charge in [-0.1, -0.05) is 29.8 Å². The van der Waals surface area contributed by atoms with Gasteiger partial charge in [0, 0.05) is 10.6 Å². The van der Waals surface area contributed by atoms with Crippen LogP contribution in [0.5, 0.6) is 11.6 Å². The molecule has 6 heteroatoms. The fraction of sp³-hybridized carbons (Fsp3) is 0.167. The largest absolute Gasteiger partial charge is 0.483 e. The van der Waals surface area contributed by atoms with Crippen LogP contribution in [0.15, 0.2) is 42.6 Å². The van der Waals surface area contributed by atoms with Gasteiger partial charge in [0.1, 0.15) is 18.9 Å². The van der Waals surface area contributed by atoms with Crippen LogP contribution in [0.2, 0.25) is 5.02 Å². The first-order chi connectivity index (χ1) is 11.7. The molecule has 3 heterocycles. The summed E-state index contributed by atoms with van der Waals surface area (Å²) in [5.74, 6) is 1.53. The molecule has 0 spiro atoms. The number of pyridine rings is 1. The molecular formula is C18H14ClN3O2. The number of hydrogen-bond acceptors (Lipinski definition) is 5. The lowest BCUT2D eigenvalue weighted by atomic mass is 10.1. The van der Waals surface area contributed by atoms with Crippen LogP contribution in [-0.2, 0) is 0 Å². The molecule has 0 N–H and O–H groups in total. The fourth-order valence-electron chi connectivity index (χ4n) is 2.52. The van der Waals surface area contributed by atoms with Gasteiger partial charge in [-0.15, -0.1) is 0 Å². The molecule has 0 fully saturated rings. The summed E-state index contributed by atoms with van der Waals surface area (Å²) in [6, 6.07) is 11.5. The number of aromatic nitrogens is 3. The monoisotopic (exact) mass is 339 g/mol. The molecule has 0 atom stereocenters. The predicted octanol–water partition coefficient (Wildman–Crippen LogP) is 3.94. The Morgan fingerprint density at radius 1 is 0.958 bits per heavy atom. The first-order valence-corrected chi connectivity index (χ1v) is 7.95. The number of fused-ring (bicyclic) bond motifs is 1. The second-order valence-electron chi connectivity index (χ2n) is 5.43. The van der Waals surface area contributed by atoms with Crippen LogP contribution in [0, 0.1) is 6.92 Å². The second kappa shape index (κ2) is 6.09. The molecule has 0 unspecified atom stereocenters. The van der Waals surface area contributed by atoms with Gasteiger partial charge in [0.25, 0.3) is 5.88 Å². The van der Waals surface area contributed by atoms with Crippen LogP contribution in [0.25, 0.3) is 22.8 Å². The normalized spacial score (nSPS) is 12.9. The summed E-state index contributed by atoms with van der Waals surface area (Å²) >= 11 is 5.97. The third kappa shape index (κ3) is 2.78. The topological polar surface area (TPSA) is 57.1 Å². The summed E-state index contributed by atoms with van der Waals surface area (Å²) in [5, 5.41) is 0.697. The van der Waals surface area contributed by atoms with E-state index in [1.54, 1.807) is 6.20 Å². The van der Waals surface area contributed by atoms with Gasteiger partial charge in [-0.25, -0.2) is 9.97 Å². The van der Waals surface area contributed by atoms with E-state index >= 15 is 0 Å². The average molecular weight is 340 g/mol. The summed E-state index contributed by atoms with van der Waals surface area (Å²) in [6.07, 6.45) is 1.63. The van der Waals surface area contributed by atoms with E-state index in [1.807, 2.05) is 43.3 Å². The first-order valence-electron chi connectivity index (χ1n) is 7.57. The van der Waals surface area contributed by atoms with Crippen LogP contribution in [0.1, 0.15) is 5.56 Å². The van der Waals surface area contributed by atoms with Gasteiger partial charge < -0.3 is 9.47 Å². The molecule has 24 heavy (non-hydrogen) atoms.